The lowest BCUT2D eigenvalue weighted by atomic mass is 10.4. The number of rotatable bonds is 5. The number of hydrogen-bond donors (Lipinski definition) is 0. The summed E-state index contributed by atoms with van der Waals surface area (Å²) in [4.78, 5) is 19.9. The fourth-order valence-electron chi connectivity index (χ4n) is 1.28. The van der Waals surface area contributed by atoms with Crippen LogP contribution in [0.25, 0.3) is 0 Å². The van der Waals surface area contributed by atoms with Crippen molar-refractivity contribution in [2.24, 2.45) is 10.2 Å². The molecule has 1 aromatic heterocycles. The Labute approximate surface area is 118 Å². The number of aliphatic imine (C=N–C) groups is 1. The Morgan fingerprint density at radius 1 is 1.24 bits per heavy atom. The minimum atomic E-state index is -4.15. The molecule has 108 valence electrons. The van der Waals surface area contributed by atoms with E-state index >= 15 is 0 Å². The minimum Gasteiger partial charge on any atom is -0.339 e. The van der Waals surface area contributed by atoms with E-state index in [9.17, 15) is 17.7 Å². The summed E-state index contributed by atoms with van der Waals surface area (Å²) in [7, 11) is -4.15. The van der Waals surface area contributed by atoms with Gasteiger partial charge in [-0.2, -0.15) is 18.4 Å². The third-order valence-corrected chi connectivity index (χ3v) is 3.36. The van der Waals surface area contributed by atoms with E-state index < -0.39 is 27.8 Å². The average Bonchev–Trinajstić information content (AvgIpc) is 2.48. The highest BCUT2D eigenvalue weighted by Crippen LogP contribution is 2.19. The number of hydrogen-bond acceptors (Lipinski definition) is 7. The fraction of sp³-hybridized carbons (Fsp3) is 0. The lowest BCUT2D eigenvalue weighted by Crippen LogP contribution is -2.11. The first kappa shape index (κ1) is 14.7. The van der Waals surface area contributed by atoms with Gasteiger partial charge in [0.2, 0.25) is 0 Å². The first-order valence-electron chi connectivity index (χ1n) is 5.40. The van der Waals surface area contributed by atoms with Crippen molar-refractivity contribution in [1.29, 1.82) is 0 Å². The Bertz CT molecular complexity index is 780. The van der Waals surface area contributed by atoms with Gasteiger partial charge in [0, 0.05) is 0 Å². The van der Waals surface area contributed by atoms with Gasteiger partial charge in [-0.25, -0.2) is 9.38 Å². The van der Waals surface area contributed by atoms with Gasteiger partial charge in [-0.1, -0.05) is 18.2 Å². The van der Waals surface area contributed by atoms with Gasteiger partial charge in [-0.05, 0) is 17.3 Å². The first-order valence-corrected chi connectivity index (χ1v) is 6.81. The first-order chi connectivity index (χ1) is 10.0. The summed E-state index contributed by atoms with van der Waals surface area (Å²) in [6.45, 7) is 0. The van der Waals surface area contributed by atoms with Crippen molar-refractivity contribution >= 4 is 22.3 Å². The summed E-state index contributed by atoms with van der Waals surface area (Å²) < 4.78 is 41.7. The Hall–Kier alpha value is -2.75. The maximum absolute atomic E-state index is 13.3. The second-order valence-electron chi connectivity index (χ2n) is 3.52. The Morgan fingerprint density at radius 3 is 2.62 bits per heavy atom. The zero-order valence-electron chi connectivity index (χ0n) is 10.2. The molecule has 21 heavy (non-hydrogen) atoms. The SMILES string of the molecule is O=N/C=N/c1nc(OS(=O)(=O)c2ccccc2)ncc1F. The molecule has 0 saturated heterocycles. The third kappa shape index (κ3) is 3.63. The topological polar surface area (TPSA) is 111 Å². The van der Waals surface area contributed by atoms with Gasteiger partial charge in [0.05, 0.1) is 6.20 Å². The summed E-state index contributed by atoms with van der Waals surface area (Å²) in [5.41, 5.74) is 0. The lowest BCUT2D eigenvalue weighted by Gasteiger charge is -2.05. The molecule has 0 aliphatic rings. The van der Waals surface area contributed by atoms with Crippen molar-refractivity contribution in [3.63, 3.8) is 0 Å². The van der Waals surface area contributed by atoms with Crippen LogP contribution in [0.15, 0.2) is 51.6 Å². The Kier molecular flexibility index (Phi) is 4.28. The highest BCUT2D eigenvalue weighted by atomic mass is 32.2. The van der Waals surface area contributed by atoms with E-state index in [0.717, 1.165) is 0 Å². The van der Waals surface area contributed by atoms with E-state index in [2.05, 4.69) is 24.3 Å². The van der Waals surface area contributed by atoms with Crippen LogP contribution in [0.2, 0.25) is 0 Å². The van der Waals surface area contributed by atoms with Gasteiger partial charge >= 0.3 is 16.1 Å². The van der Waals surface area contributed by atoms with Crippen LogP contribution in [-0.2, 0) is 10.1 Å². The van der Waals surface area contributed by atoms with E-state index in [1.54, 1.807) is 6.07 Å². The summed E-state index contributed by atoms with van der Waals surface area (Å²) in [5.74, 6) is -1.53. The highest BCUT2D eigenvalue weighted by Gasteiger charge is 2.18. The summed E-state index contributed by atoms with van der Waals surface area (Å²) in [6, 6.07) is 6.65. The van der Waals surface area contributed by atoms with Crippen LogP contribution in [-0.4, -0.2) is 24.7 Å². The molecule has 8 nitrogen and oxygen atoms in total. The van der Waals surface area contributed by atoms with Gasteiger partial charge in [-0.3, -0.25) is 0 Å². The number of benzene rings is 1. The zero-order chi connectivity index (χ0) is 15.3. The Morgan fingerprint density at radius 2 is 1.95 bits per heavy atom. The normalized spacial score (nSPS) is 11.5. The van der Waals surface area contributed by atoms with Crippen LogP contribution in [0, 0.1) is 10.7 Å². The average molecular weight is 310 g/mol. The van der Waals surface area contributed by atoms with Crippen molar-refractivity contribution in [1.82, 2.24) is 9.97 Å². The van der Waals surface area contributed by atoms with Crippen LogP contribution in [0.3, 0.4) is 0 Å². The number of nitrogens with zero attached hydrogens (tertiary/aromatic N) is 4. The number of aromatic nitrogens is 2. The van der Waals surface area contributed by atoms with Crippen LogP contribution in [0.4, 0.5) is 10.2 Å². The van der Waals surface area contributed by atoms with Crippen molar-refractivity contribution in [2.75, 3.05) is 0 Å². The molecule has 2 aromatic rings. The van der Waals surface area contributed by atoms with Crippen molar-refractivity contribution < 1.29 is 17.0 Å². The minimum absolute atomic E-state index is 0.113. The molecule has 0 radical (unpaired) electrons. The van der Waals surface area contributed by atoms with Crippen LogP contribution in [0.5, 0.6) is 6.01 Å². The van der Waals surface area contributed by atoms with Crippen LogP contribution >= 0.6 is 0 Å². The van der Waals surface area contributed by atoms with E-state index in [1.165, 1.54) is 24.3 Å². The predicted molar refractivity (Wildman–Crippen MR) is 70.2 cm³/mol. The molecule has 10 heteroatoms. The number of halogens is 1. The molecule has 0 aliphatic carbocycles. The number of nitroso groups, excluding NO2 is 1. The zero-order valence-corrected chi connectivity index (χ0v) is 11.1. The molecule has 1 heterocycles. The molecule has 0 fully saturated rings. The smallest absolute Gasteiger partial charge is 0.339 e. The van der Waals surface area contributed by atoms with Crippen LogP contribution < -0.4 is 4.18 Å². The molecule has 0 amide bonds. The molecule has 0 unspecified atom stereocenters. The largest absolute Gasteiger partial charge is 0.341 e. The van der Waals surface area contributed by atoms with Gasteiger partial charge < -0.3 is 4.18 Å². The van der Waals surface area contributed by atoms with Crippen molar-refractivity contribution in [3.8, 4) is 6.01 Å². The van der Waals surface area contributed by atoms with E-state index in [4.69, 9.17) is 0 Å². The maximum Gasteiger partial charge on any atom is 0.341 e. The van der Waals surface area contributed by atoms with Gasteiger partial charge in [-0.15, -0.1) is 4.91 Å². The molecule has 0 atom stereocenters. The Balaban J connectivity index is 2.32. The third-order valence-electron chi connectivity index (χ3n) is 2.15. The summed E-state index contributed by atoms with van der Waals surface area (Å²) in [5, 5.41) is 2.30. The molecular weight excluding hydrogens is 303 g/mol. The van der Waals surface area contributed by atoms with E-state index in [-0.39, 0.29) is 4.90 Å². The molecule has 1 aromatic carbocycles. The van der Waals surface area contributed by atoms with Gasteiger partial charge in [0.15, 0.2) is 18.0 Å². The fourth-order valence-corrected chi connectivity index (χ4v) is 2.15. The van der Waals surface area contributed by atoms with E-state index in [1.807, 2.05) is 0 Å². The lowest BCUT2D eigenvalue weighted by molar-refractivity contribution is 0.460. The monoisotopic (exact) mass is 310 g/mol. The molecule has 0 spiro atoms. The quantitative estimate of drug-likeness (QED) is 0.360. The molecule has 0 bridgehead atoms. The summed E-state index contributed by atoms with van der Waals surface area (Å²) in [6.07, 6.45) is 1.18. The van der Waals surface area contributed by atoms with Crippen LogP contribution in [0.1, 0.15) is 0 Å². The second kappa shape index (κ2) is 6.13. The molecule has 0 aliphatic heterocycles. The van der Waals surface area contributed by atoms with Gasteiger partial charge in [0.1, 0.15) is 4.90 Å². The summed E-state index contributed by atoms with van der Waals surface area (Å²) >= 11 is 0. The van der Waals surface area contributed by atoms with Crippen molar-refractivity contribution in [2.45, 2.75) is 4.90 Å². The molecule has 0 saturated carbocycles. The molecular formula is C11H7FN4O4S. The van der Waals surface area contributed by atoms with Gasteiger partial charge in [0.25, 0.3) is 0 Å². The van der Waals surface area contributed by atoms with E-state index in [0.29, 0.717) is 12.5 Å². The predicted octanol–water partition coefficient (Wildman–Crippen LogP) is 1.81. The second-order valence-corrected chi connectivity index (χ2v) is 5.07. The molecule has 0 N–H and O–H groups in total. The highest BCUT2D eigenvalue weighted by molar-refractivity contribution is 7.87. The standard InChI is InChI=1S/C11H7FN4O4S/c12-9-6-13-11(16-10(9)14-7-15-17)20-21(18,19)8-4-2-1-3-5-8/h1-7H/b14-7+. The molecule has 2 rings (SSSR count). The maximum atomic E-state index is 13.3. The van der Waals surface area contributed by atoms with Crippen molar-refractivity contribution in [3.05, 3.63) is 47.3 Å².